The molecule has 1 heterocycles. The van der Waals surface area contributed by atoms with Gasteiger partial charge in [0.2, 0.25) is 0 Å². The van der Waals surface area contributed by atoms with E-state index < -0.39 is 0 Å². The molecule has 0 amide bonds. The molecule has 0 N–H and O–H groups in total. The van der Waals surface area contributed by atoms with E-state index in [4.69, 9.17) is 9.47 Å². The fourth-order valence-electron chi connectivity index (χ4n) is 1.97. The molecule has 1 aliphatic heterocycles. The summed E-state index contributed by atoms with van der Waals surface area (Å²) in [6.45, 7) is 10.0. The molecule has 0 radical (unpaired) electrons. The van der Waals surface area contributed by atoms with Crippen LogP contribution in [-0.4, -0.2) is 19.0 Å². The Bertz CT molecular complexity index is 279. The van der Waals surface area contributed by atoms with Crippen LogP contribution in [0.3, 0.4) is 0 Å². The molecular weight excluding hydrogens is 212 g/mol. The lowest BCUT2D eigenvalue weighted by atomic mass is 10.1. The van der Waals surface area contributed by atoms with Crippen LogP contribution in [0.25, 0.3) is 0 Å². The average Bonchev–Trinajstić information content (AvgIpc) is 2.65. The Morgan fingerprint density at radius 2 is 1.71 bits per heavy atom. The normalized spacial score (nSPS) is 19.4. The van der Waals surface area contributed by atoms with Crippen molar-refractivity contribution in [3.8, 4) is 0 Å². The van der Waals surface area contributed by atoms with Gasteiger partial charge in [-0.1, -0.05) is 23.3 Å². The minimum atomic E-state index is -0.337. The third kappa shape index (κ3) is 6.04. The molecule has 0 aliphatic carbocycles. The number of hydrogen-bond donors (Lipinski definition) is 0. The third-order valence-corrected chi connectivity index (χ3v) is 3.08. The van der Waals surface area contributed by atoms with Crippen molar-refractivity contribution in [2.24, 2.45) is 0 Å². The van der Waals surface area contributed by atoms with Gasteiger partial charge < -0.3 is 9.47 Å². The van der Waals surface area contributed by atoms with Crippen LogP contribution < -0.4 is 0 Å². The minimum Gasteiger partial charge on any atom is -0.348 e. The van der Waals surface area contributed by atoms with E-state index in [1.807, 2.05) is 6.92 Å². The van der Waals surface area contributed by atoms with Crippen molar-refractivity contribution >= 4 is 0 Å². The summed E-state index contributed by atoms with van der Waals surface area (Å²) >= 11 is 0. The molecule has 17 heavy (non-hydrogen) atoms. The highest BCUT2D eigenvalue weighted by molar-refractivity contribution is 5.02. The van der Waals surface area contributed by atoms with Gasteiger partial charge in [-0.15, -0.1) is 0 Å². The predicted molar refractivity (Wildman–Crippen MR) is 72.0 cm³/mol. The van der Waals surface area contributed by atoms with Crippen LogP contribution in [0.15, 0.2) is 23.3 Å². The minimum absolute atomic E-state index is 0.337. The first kappa shape index (κ1) is 14.5. The van der Waals surface area contributed by atoms with Crippen LogP contribution >= 0.6 is 0 Å². The molecule has 0 bridgehead atoms. The lowest BCUT2D eigenvalue weighted by Crippen LogP contribution is -2.24. The molecule has 1 rings (SSSR count). The van der Waals surface area contributed by atoms with E-state index in [1.54, 1.807) is 0 Å². The van der Waals surface area contributed by atoms with Gasteiger partial charge in [0.05, 0.1) is 13.2 Å². The summed E-state index contributed by atoms with van der Waals surface area (Å²) in [6, 6.07) is 0. The van der Waals surface area contributed by atoms with Gasteiger partial charge >= 0.3 is 0 Å². The van der Waals surface area contributed by atoms with E-state index >= 15 is 0 Å². The highest BCUT2D eigenvalue weighted by Crippen LogP contribution is 2.24. The van der Waals surface area contributed by atoms with Crippen molar-refractivity contribution < 1.29 is 9.47 Å². The van der Waals surface area contributed by atoms with Crippen molar-refractivity contribution in [3.05, 3.63) is 23.3 Å². The molecule has 2 heteroatoms. The van der Waals surface area contributed by atoms with Gasteiger partial charge in [-0.3, -0.25) is 0 Å². The summed E-state index contributed by atoms with van der Waals surface area (Å²) in [6.07, 6.45) is 8.90. The van der Waals surface area contributed by atoms with Crippen LogP contribution in [0, 0.1) is 0 Å². The molecule has 98 valence electrons. The van der Waals surface area contributed by atoms with Gasteiger partial charge in [-0.05, 0) is 47.0 Å². The second kappa shape index (κ2) is 6.97. The fraction of sp³-hybridized carbons (Fsp3) is 0.733. The molecule has 1 fully saturated rings. The first-order chi connectivity index (χ1) is 8.02. The van der Waals surface area contributed by atoms with Gasteiger partial charge in [0.15, 0.2) is 5.79 Å². The second-order valence-electron chi connectivity index (χ2n) is 5.24. The Kier molecular flexibility index (Phi) is 5.93. The maximum Gasteiger partial charge on any atom is 0.166 e. The van der Waals surface area contributed by atoms with Gasteiger partial charge in [0.25, 0.3) is 0 Å². The predicted octanol–water partition coefficient (Wildman–Crippen LogP) is 4.22. The summed E-state index contributed by atoms with van der Waals surface area (Å²) in [5.74, 6) is -0.337. The van der Waals surface area contributed by atoms with E-state index in [0.717, 1.165) is 38.9 Å². The zero-order chi connectivity index (χ0) is 12.7. The Morgan fingerprint density at radius 1 is 1.06 bits per heavy atom. The SMILES string of the molecule is CC(C)=CCC/C(C)=C/CCC1(C)OCCO1. The average molecular weight is 238 g/mol. The maximum absolute atomic E-state index is 5.57. The topological polar surface area (TPSA) is 18.5 Å². The van der Waals surface area contributed by atoms with Gasteiger partial charge in [-0.2, -0.15) is 0 Å². The fourth-order valence-corrected chi connectivity index (χ4v) is 1.97. The Labute approximate surface area is 106 Å². The molecule has 1 saturated heterocycles. The molecule has 2 nitrogen and oxygen atoms in total. The Hall–Kier alpha value is -0.600. The molecule has 0 spiro atoms. The quantitative estimate of drug-likeness (QED) is 0.645. The monoisotopic (exact) mass is 238 g/mol. The van der Waals surface area contributed by atoms with E-state index in [9.17, 15) is 0 Å². The van der Waals surface area contributed by atoms with Crippen molar-refractivity contribution in [2.75, 3.05) is 13.2 Å². The van der Waals surface area contributed by atoms with Gasteiger partial charge in [0.1, 0.15) is 0 Å². The molecule has 0 unspecified atom stereocenters. The molecule has 0 atom stereocenters. The number of ether oxygens (including phenoxy) is 2. The van der Waals surface area contributed by atoms with Crippen LogP contribution in [-0.2, 0) is 9.47 Å². The Balaban J connectivity index is 2.21. The lowest BCUT2D eigenvalue weighted by Gasteiger charge is -2.21. The zero-order valence-electron chi connectivity index (χ0n) is 11.7. The first-order valence-electron chi connectivity index (χ1n) is 6.59. The maximum atomic E-state index is 5.57. The highest BCUT2D eigenvalue weighted by atomic mass is 16.7. The third-order valence-electron chi connectivity index (χ3n) is 3.08. The summed E-state index contributed by atoms with van der Waals surface area (Å²) in [4.78, 5) is 0. The number of hydrogen-bond acceptors (Lipinski definition) is 2. The molecule has 0 aromatic heterocycles. The lowest BCUT2D eigenvalue weighted by molar-refractivity contribution is -0.145. The van der Waals surface area contributed by atoms with Crippen molar-refractivity contribution in [1.82, 2.24) is 0 Å². The molecule has 1 aliphatic rings. The van der Waals surface area contributed by atoms with Crippen molar-refractivity contribution in [3.63, 3.8) is 0 Å². The number of rotatable bonds is 6. The molecule has 0 aromatic carbocycles. The molecular formula is C15H26O2. The van der Waals surface area contributed by atoms with E-state index in [2.05, 4.69) is 32.9 Å². The zero-order valence-corrected chi connectivity index (χ0v) is 11.7. The van der Waals surface area contributed by atoms with E-state index in [0.29, 0.717) is 0 Å². The van der Waals surface area contributed by atoms with Crippen LogP contribution in [0.1, 0.15) is 53.4 Å². The van der Waals surface area contributed by atoms with Crippen LogP contribution in [0.2, 0.25) is 0 Å². The van der Waals surface area contributed by atoms with Crippen molar-refractivity contribution in [1.29, 1.82) is 0 Å². The first-order valence-corrected chi connectivity index (χ1v) is 6.59. The summed E-state index contributed by atoms with van der Waals surface area (Å²) in [5.41, 5.74) is 2.86. The summed E-state index contributed by atoms with van der Waals surface area (Å²) in [5, 5.41) is 0. The van der Waals surface area contributed by atoms with Crippen LogP contribution in [0.4, 0.5) is 0 Å². The van der Waals surface area contributed by atoms with Crippen molar-refractivity contribution in [2.45, 2.75) is 59.2 Å². The van der Waals surface area contributed by atoms with E-state index in [1.165, 1.54) is 11.1 Å². The van der Waals surface area contributed by atoms with E-state index in [-0.39, 0.29) is 5.79 Å². The Morgan fingerprint density at radius 3 is 2.29 bits per heavy atom. The van der Waals surface area contributed by atoms with Gasteiger partial charge in [0, 0.05) is 6.42 Å². The molecule has 0 saturated carbocycles. The highest BCUT2D eigenvalue weighted by Gasteiger charge is 2.29. The second-order valence-corrected chi connectivity index (χ2v) is 5.24. The standard InChI is InChI=1S/C15H26O2/c1-13(2)7-5-8-14(3)9-6-10-15(4)16-11-12-17-15/h7,9H,5-6,8,10-12H2,1-4H3/b14-9+. The van der Waals surface area contributed by atoms with Crippen LogP contribution in [0.5, 0.6) is 0 Å². The van der Waals surface area contributed by atoms with Gasteiger partial charge in [-0.25, -0.2) is 0 Å². The molecule has 0 aromatic rings. The number of allylic oxidation sites excluding steroid dienone is 4. The summed E-state index contributed by atoms with van der Waals surface area (Å²) < 4.78 is 11.1. The smallest absolute Gasteiger partial charge is 0.166 e. The largest absolute Gasteiger partial charge is 0.348 e. The summed E-state index contributed by atoms with van der Waals surface area (Å²) in [7, 11) is 0.